The van der Waals surface area contributed by atoms with E-state index in [1.807, 2.05) is 0 Å². The van der Waals surface area contributed by atoms with Crippen molar-refractivity contribution in [1.29, 1.82) is 0 Å². The molecule has 48 valence electrons. The van der Waals surface area contributed by atoms with Crippen LogP contribution in [0.25, 0.3) is 0 Å². The van der Waals surface area contributed by atoms with E-state index < -0.39 is 0 Å². The molecule has 1 rings (SSSR count). The summed E-state index contributed by atoms with van der Waals surface area (Å²) in [7, 11) is 5.31. The molecule has 1 heteroatoms. The Bertz CT molecular complexity index is 92.7. The molecule has 0 aromatic rings. The van der Waals surface area contributed by atoms with Crippen LogP contribution < -0.4 is 0 Å². The number of rotatable bonds is 4. The molecule has 0 unspecified atom stereocenters. The van der Waals surface area contributed by atoms with Gasteiger partial charge in [-0.05, 0) is 31.6 Å². The molecule has 0 N–H and O–H groups in total. The molecule has 0 aliphatic heterocycles. The van der Waals surface area contributed by atoms with E-state index >= 15 is 0 Å². The Labute approximate surface area is 58.8 Å². The number of hydrogen-bond donors (Lipinski definition) is 0. The van der Waals surface area contributed by atoms with Crippen LogP contribution in [0.15, 0.2) is 12.2 Å². The SMILES string of the molecule is [B]CCC=CCC1CC1. The zero-order chi connectivity index (χ0) is 6.53. The zero-order valence-electron chi connectivity index (χ0n) is 5.84. The van der Waals surface area contributed by atoms with Gasteiger partial charge in [0.15, 0.2) is 0 Å². The average Bonchev–Trinajstić information content (AvgIpc) is 2.63. The molecule has 0 spiro atoms. The molecule has 0 atom stereocenters. The summed E-state index contributed by atoms with van der Waals surface area (Å²) < 4.78 is 0. The highest BCUT2D eigenvalue weighted by Gasteiger charge is 2.18. The molecule has 0 amide bonds. The summed E-state index contributed by atoms with van der Waals surface area (Å²) in [6.45, 7) is 0. The molecule has 0 saturated heterocycles. The molecule has 0 aromatic heterocycles. The number of hydrogen-bond acceptors (Lipinski definition) is 0. The summed E-state index contributed by atoms with van der Waals surface area (Å²) in [5, 5.41) is 0. The highest BCUT2D eigenvalue weighted by atomic mass is 14.2. The van der Waals surface area contributed by atoms with E-state index in [-0.39, 0.29) is 0 Å². The first kappa shape index (κ1) is 6.92. The maximum Gasteiger partial charge on any atom is 0.0657 e. The lowest BCUT2D eigenvalue weighted by atomic mass is 10.0. The van der Waals surface area contributed by atoms with Crippen LogP contribution >= 0.6 is 0 Å². The van der Waals surface area contributed by atoms with E-state index in [2.05, 4.69) is 12.2 Å². The Balaban J connectivity index is 1.88. The van der Waals surface area contributed by atoms with Crippen molar-refractivity contribution >= 4 is 7.85 Å². The first-order chi connectivity index (χ1) is 4.43. The first-order valence-electron chi connectivity index (χ1n) is 3.78. The van der Waals surface area contributed by atoms with Crippen LogP contribution in [-0.2, 0) is 0 Å². The summed E-state index contributed by atoms with van der Waals surface area (Å²) in [4.78, 5) is 0. The second-order valence-electron chi connectivity index (χ2n) is 2.73. The lowest BCUT2D eigenvalue weighted by molar-refractivity contribution is 0.859. The Morgan fingerprint density at radius 1 is 1.33 bits per heavy atom. The molecule has 1 fully saturated rings. The van der Waals surface area contributed by atoms with Crippen molar-refractivity contribution in [3.63, 3.8) is 0 Å². The first-order valence-corrected chi connectivity index (χ1v) is 3.78. The van der Waals surface area contributed by atoms with E-state index in [4.69, 9.17) is 7.85 Å². The lowest BCUT2D eigenvalue weighted by Gasteiger charge is -1.85. The molecule has 0 bridgehead atoms. The fourth-order valence-electron chi connectivity index (χ4n) is 0.856. The van der Waals surface area contributed by atoms with Crippen molar-refractivity contribution in [1.82, 2.24) is 0 Å². The van der Waals surface area contributed by atoms with Crippen LogP contribution in [0.1, 0.15) is 25.7 Å². The quantitative estimate of drug-likeness (QED) is 0.394. The minimum absolute atomic E-state index is 0.793. The minimum atomic E-state index is 0.793. The average molecular weight is 120 g/mol. The molecule has 2 radical (unpaired) electrons. The third kappa shape index (κ3) is 3.39. The van der Waals surface area contributed by atoms with Crippen molar-refractivity contribution in [3.8, 4) is 0 Å². The monoisotopic (exact) mass is 120 g/mol. The van der Waals surface area contributed by atoms with Crippen LogP contribution in [0.5, 0.6) is 0 Å². The molecule has 1 aliphatic rings. The predicted octanol–water partition coefficient (Wildman–Crippen LogP) is 2.32. The molecule has 1 aliphatic carbocycles. The highest BCUT2D eigenvalue weighted by molar-refractivity contribution is 6.08. The molecule has 1 saturated carbocycles. The Kier molecular flexibility index (Phi) is 2.89. The molecular formula is C8H13B. The summed E-state index contributed by atoms with van der Waals surface area (Å²) in [5.74, 6) is 1.03. The normalized spacial score (nSPS) is 19.1. The summed E-state index contributed by atoms with van der Waals surface area (Å²) in [6, 6.07) is 0. The molecular weight excluding hydrogens is 107 g/mol. The smallest absolute Gasteiger partial charge is 0.0657 e. The third-order valence-corrected chi connectivity index (χ3v) is 1.67. The summed E-state index contributed by atoms with van der Waals surface area (Å²) in [6.07, 6.45) is 10.5. The second-order valence-corrected chi connectivity index (χ2v) is 2.73. The van der Waals surface area contributed by atoms with Gasteiger partial charge in [0.1, 0.15) is 0 Å². The maximum absolute atomic E-state index is 5.31. The van der Waals surface area contributed by atoms with Crippen molar-refractivity contribution in [2.24, 2.45) is 5.92 Å². The zero-order valence-corrected chi connectivity index (χ0v) is 5.84. The van der Waals surface area contributed by atoms with Crippen molar-refractivity contribution in [3.05, 3.63) is 12.2 Å². The molecule has 9 heavy (non-hydrogen) atoms. The van der Waals surface area contributed by atoms with Gasteiger partial charge in [-0.15, -0.1) is 0 Å². The Hall–Kier alpha value is -0.195. The van der Waals surface area contributed by atoms with E-state index in [9.17, 15) is 0 Å². The molecule has 0 nitrogen and oxygen atoms in total. The standard InChI is InChI=1S/C8H13B/c9-7-3-1-2-4-8-5-6-8/h1-2,8H,3-7H2. The fraction of sp³-hybridized carbons (Fsp3) is 0.750. The van der Waals surface area contributed by atoms with Gasteiger partial charge in [0.25, 0.3) is 0 Å². The van der Waals surface area contributed by atoms with Crippen LogP contribution in [0.2, 0.25) is 6.32 Å². The van der Waals surface area contributed by atoms with Crippen LogP contribution in [0.3, 0.4) is 0 Å². The van der Waals surface area contributed by atoms with E-state index in [1.165, 1.54) is 19.3 Å². The van der Waals surface area contributed by atoms with Gasteiger partial charge in [-0.3, -0.25) is 0 Å². The van der Waals surface area contributed by atoms with Crippen LogP contribution in [-0.4, -0.2) is 7.85 Å². The third-order valence-electron chi connectivity index (χ3n) is 1.67. The van der Waals surface area contributed by atoms with Crippen LogP contribution in [0, 0.1) is 5.92 Å². The van der Waals surface area contributed by atoms with E-state index in [0.717, 1.165) is 18.7 Å². The summed E-state index contributed by atoms with van der Waals surface area (Å²) >= 11 is 0. The van der Waals surface area contributed by atoms with E-state index in [1.54, 1.807) is 0 Å². The van der Waals surface area contributed by atoms with Gasteiger partial charge < -0.3 is 0 Å². The van der Waals surface area contributed by atoms with Gasteiger partial charge in [0.2, 0.25) is 0 Å². The van der Waals surface area contributed by atoms with Gasteiger partial charge in [0.05, 0.1) is 7.85 Å². The van der Waals surface area contributed by atoms with Crippen molar-refractivity contribution in [2.45, 2.75) is 32.0 Å². The van der Waals surface area contributed by atoms with Crippen LogP contribution in [0.4, 0.5) is 0 Å². The number of allylic oxidation sites excluding steroid dienone is 2. The highest BCUT2D eigenvalue weighted by Crippen LogP contribution is 2.32. The van der Waals surface area contributed by atoms with Gasteiger partial charge in [-0.2, -0.15) is 0 Å². The predicted molar refractivity (Wildman–Crippen MR) is 41.7 cm³/mol. The van der Waals surface area contributed by atoms with Gasteiger partial charge in [-0.1, -0.05) is 18.5 Å². The van der Waals surface area contributed by atoms with Crippen molar-refractivity contribution in [2.75, 3.05) is 0 Å². The minimum Gasteiger partial charge on any atom is -0.0893 e. The second kappa shape index (κ2) is 3.76. The largest absolute Gasteiger partial charge is 0.0893 e. The van der Waals surface area contributed by atoms with Crippen molar-refractivity contribution < 1.29 is 0 Å². The van der Waals surface area contributed by atoms with Gasteiger partial charge >= 0.3 is 0 Å². The van der Waals surface area contributed by atoms with E-state index in [0.29, 0.717) is 0 Å². The maximum atomic E-state index is 5.31. The van der Waals surface area contributed by atoms with Gasteiger partial charge in [0, 0.05) is 0 Å². The molecule has 0 heterocycles. The fourth-order valence-corrected chi connectivity index (χ4v) is 0.856. The Morgan fingerprint density at radius 3 is 2.67 bits per heavy atom. The van der Waals surface area contributed by atoms with Gasteiger partial charge in [-0.25, -0.2) is 0 Å². The Morgan fingerprint density at radius 2 is 2.11 bits per heavy atom. The lowest BCUT2D eigenvalue weighted by Crippen LogP contribution is -1.69. The topological polar surface area (TPSA) is 0 Å². The molecule has 0 aromatic carbocycles. The summed E-state index contributed by atoms with van der Waals surface area (Å²) in [5.41, 5.74) is 0.